The standard InChI is InChI=1S/C33H53NO5/c1-20(2)21-11-16-33(28(36)37)18-17-31(6)22(27(21)33)9-10-24-30(5)14-13-25(39-26(35)19-34-38-8)29(3,4)23(30)12-15-32(24,31)7/h21-25,27,34H,1,9-19H2,2-8H3,(H,36,37)/t21?,22-,23?,24?,25+,27?,30+,31-,32-,33+/m1/s1. The van der Waals surface area contributed by atoms with Crippen molar-refractivity contribution in [1.82, 2.24) is 5.48 Å². The molecule has 4 unspecified atom stereocenters. The number of allylic oxidation sites excluding steroid dienone is 1. The number of rotatable bonds is 6. The number of carbonyl (C=O) groups is 2. The van der Waals surface area contributed by atoms with Crippen molar-refractivity contribution in [2.45, 2.75) is 112 Å². The Bertz CT molecular complexity index is 1020. The van der Waals surface area contributed by atoms with Gasteiger partial charge in [0.1, 0.15) is 12.6 Å². The van der Waals surface area contributed by atoms with Crippen LogP contribution in [0, 0.1) is 56.7 Å². The molecule has 0 heterocycles. The molecule has 0 radical (unpaired) electrons. The third kappa shape index (κ3) is 3.93. The molecule has 5 aliphatic rings. The van der Waals surface area contributed by atoms with Crippen LogP contribution in [0.25, 0.3) is 0 Å². The highest BCUT2D eigenvalue weighted by Gasteiger charge is 2.72. The van der Waals surface area contributed by atoms with Crippen molar-refractivity contribution in [3.8, 4) is 0 Å². The van der Waals surface area contributed by atoms with E-state index in [4.69, 9.17) is 9.57 Å². The van der Waals surface area contributed by atoms with Crippen molar-refractivity contribution in [3.63, 3.8) is 0 Å². The summed E-state index contributed by atoms with van der Waals surface area (Å²) in [6.45, 7) is 18.9. The zero-order valence-corrected chi connectivity index (χ0v) is 25.5. The average Bonchev–Trinajstić information content (AvgIpc) is 3.26. The number of carbonyl (C=O) groups excluding carboxylic acids is 1. The molecular formula is C33H53NO5. The Morgan fingerprint density at radius 3 is 2.26 bits per heavy atom. The van der Waals surface area contributed by atoms with E-state index >= 15 is 0 Å². The summed E-state index contributed by atoms with van der Waals surface area (Å²) >= 11 is 0. The lowest BCUT2D eigenvalue weighted by molar-refractivity contribution is -0.250. The number of fused-ring (bicyclic) bond motifs is 7. The molecule has 0 saturated heterocycles. The molecule has 6 nitrogen and oxygen atoms in total. The highest BCUT2D eigenvalue weighted by Crippen LogP contribution is 2.77. The van der Waals surface area contributed by atoms with Gasteiger partial charge >= 0.3 is 11.9 Å². The van der Waals surface area contributed by atoms with Gasteiger partial charge in [-0.2, -0.15) is 5.48 Å². The summed E-state index contributed by atoms with van der Waals surface area (Å²) in [4.78, 5) is 30.2. The molecule has 0 aliphatic heterocycles. The van der Waals surface area contributed by atoms with E-state index in [0.29, 0.717) is 23.7 Å². The summed E-state index contributed by atoms with van der Waals surface area (Å²) in [5.41, 5.74) is 3.63. The molecule has 220 valence electrons. The number of hydroxylamine groups is 1. The Hall–Kier alpha value is -1.40. The maximum atomic E-state index is 12.9. The maximum Gasteiger partial charge on any atom is 0.322 e. The summed E-state index contributed by atoms with van der Waals surface area (Å²) in [5.74, 6) is 1.25. The molecule has 0 aromatic heterocycles. The van der Waals surface area contributed by atoms with Crippen LogP contribution in [0.5, 0.6) is 0 Å². The molecule has 2 N–H and O–H groups in total. The number of ether oxygens (including phenoxy) is 1. The van der Waals surface area contributed by atoms with Crippen LogP contribution in [0.2, 0.25) is 0 Å². The monoisotopic (exact) mass is 543 g/mol. The van der Waals surface area contributed by atoms with E-state index in [1.54, 1.807) is 0 Å². The normalized spacial score (nSPS) is 48.2. The summed E-state index contributed by atoms with van der Waals surface area (Å²) in [6.07, 6.45) is 10.1. The van der Waals surface area contributed by atoms with Crippen molar-refractivity contribution >= 4 is 11.9 Å². The predicted molar refractivity (Wildman–Crippen MR) is 151 cm³/mol. The lowest BCUT2D eigenvalue weighted by Gasteiger charge is -2.72. The molecule has 6 heteroatoms. The molecule has 0 spiro atoms. The van der Waals surface area contributed by atoms with Crippen LogP contribution in [0.1, 0.15) is 106 Å². The predicted octanol–water partition coefficient (Wildman–Crippen LogP) is 6.79. The molecule has 5 rings (SSSR count). The Morgan fingerprint density at radius 1 is 0.897 bits per heavy atom. The second kappa shape index (κ2) is 9.58. The van der Waals surface area contributed by atoms with Crippen molar-refractivity contribution in [2.75, 3.05) is 13.7 Å². The Balaban J connectivity index is 1.45. The fourth-order valence-electron chi connectivity index (χ4n) is 12.0. The molecule has 39 heavy (non-hydrogen) atoms. The van der Waals surface area contributed by atoms with Crippen molar-refractivity contribution in [1.29, 1.82) is 0 Å². The molecule has 5 aliphatic carbocycles. The van der Waals surface area contributed by atoms with Crippen LogP contribution in [-0.4, -0.2) is 36.8 Å². The summed E-state index contributed by atoms with van der Waals surface area (Å²) in [5, 5.41) is 10.6. The molecular weight excluding hydrogens is 490 g/mol. The first-order chi connectivity index (χ1) is 18.2. The zero-order chi connectivity index (χ0) is 28.6. The maximum absolute atomic E-state index is 12.9. The number of nitrogens with one attached hydrogen (secondary N) is 1. The van der Waals surface area contributed by atoms with Crippen molar-refractivity contribution in [3.05, 3.63) is 12.2 Å². The molecule has 0 aromatic carbocycles. The van der Waals surface area contributed by atoms with E-state index in [2.05, 4.69) is 53.6 Å². The second-order valence-electron chi connectivity index (χ2n) is 15.5. The van der Waals surface area contributed by atoms with Gasteiger partial charge in [0.15, 0.2) is 0 Å². The van der Waals surface area contributed by atoms with E-state index in [0.717, 1.165) is 51.4 Å². The topological polar surface area (TPSA) is 84.9 Å². The van der Waals surface area contributed by atoms with Gasteiger partial charge in [-0.3, -0.25) is 9.59 Å². The third-order valence-corrected chi connectivity index (χ3v) is 14.1. The first-order valence-corrected chi connectivity index (χ1v) is 15.5. The number of hydrogen-bond donors (Lipinski definition) is 2. The van der Waals surface area contributed by atoms with Gasteiger partial charge in [-0.1, -0.05) is 46.8 Å². The minimum absolute atomic E-state index is 0.0651. The fraction of sp³-hybridized carbons (Fsp3) is 0.879. The van der Waals surface area contributed by atoms with Crippen LogP contribution < -0.4 is 5.48 Å². The first kappa shape index (κ1) is 29.1. The van der Waals surface area contributed by atoms with E-state index in [1.807, 2.05) is 0 Å². The molecule has 0 bridgehead atoms. The lowest BCUT2D eigenvalue weighted by atomic mass is 9.32. The summed E-state index contributed by atoms with van der Waals surface area (Å²) in [7, 11) is 1.51. The zero-order valence-electron chi connectivity index (χ0n) is 25.5. The van der Waals surface area contributed by atoms with Gasteiger partial charge in [0.05, 0.1) is 12.5 Å². The van der Waals surface area contributed by atoms with E-state index in [9.17, 15) is 14.7 Å². The SMILES string of the molecule is C=C(C)C1CC[C@]2(C(=O)O)CC[C@]3(C)[C@H](CCC4[C@@]5(C)CC[C@H](OC(=O)CNOC)C(C)(C)C5CC[C@]43C)C12. The highest BCUT2D eigenvalue weighted by atomic mass is 16.6. The van der Waals surface area contributed by atoms with Gasteiger partial charge in [-0.25, -0.2) is 0 Å². The molecule has 5 saturated carbocycles. The summed E-state index contributed by atoms with van der Waals surface area (Å²) < 4.78 is 6.04. The molecule has 5 fully saturated rings. The Kier molecular flexibility index (Phi) is 7.15. The van der Waals surface area contributed by atoms with Crippen LogP contribution >= 0.6 is 0 Å². The van der Waals surface area contributed by atoms with E-state index in [-0.39, 0.29) is 46.2 Å². The number of aliphatic carboxylic acids is 1. The average molecular weight is 544 g/mol. The van der Waals surface area contributed by atoms with Crippen LogP contribution in [0.15, 0.2) is 12.2 Å². The fourth-order valence-corrected chi connectivity index (χ4v) is 12.0. The van der Waals surface area contributed by atoms with Crippen LogP contribution in [-0.2, 0) is 19.2 Å². The molecule has 10 atom stereocenters. The summed E-state index contributed by atoms with van der Waals surface area (Å²) in [6, 6.07) is 0. The number of hydrogen-bond acceptors (Lipinski definition) is 5. The van der Waals surface area contributed by atoms with Gasteiger partial charge < -0.3 is 14.7 Å². The Labute approximate surface area is 236 Å². The quantitative estimate of drug-likeness (QED) is 0.218. The van der Waals surface area contributed by atoms with Gasteiger partial charge in [0.25, 0.3) is 0 Å². The largest absolute Gasteiger partial charge is 0.481 e. The third-order valence-electron chi connectivity index (χ3n) is 14.1. The lowest BCUT2D eigenvalue weighted by Crippen LogP contribution is -2.67. The number of carboxylic acids is 1. The molecule has 0 aromatic rings. The highest BCUT2D eigenvalue weighted by molar-refractivity contribution is 5.76. The second-order valence-corrected chi connectivity index (χ2v) is 15.5. The minimum Gasteiger partial charge on any atom is -0.481 e. The van der Waals surface area contributed by atoms with Crippen LogP contribution in [0.4, 0.5) is 0 Å². The van der Waals surface area contributed by atoms with Crippen molar-refractivity contribution in [2.24, 2.45) is 56.7 Å². The number of esters is 1. The van der Waals surface area contributed by atoms with Gasteiger partial charge in [-0.05, 0) is 117 Å². The van der Waals surface area contributed by atoms with Crippen molar-refractivity contribution < 1.29 is 24.3 Å². The minimum atomic E-state index is -0.570. The molecule has 0 amide bonds. The smallest absolute Gasteiger partial charge is 0.322 e. The van der Waals surface area contributed by atoms with E-state index < -0.39 is 11.4 Å². The van der Waals surface area contributed by atoms with Gasteiger partial charge in [0.2, 0.25) is 0 Å². The van der Waals surface area contributed by atoms with Crippen LogP contribution in [0.3, 0.4) is 0 Å². The van der Waals surface area contributed by atoms with Gasteiger partial charge in [-0.15, -0.1) is 0 Å². The Morgan fingerprint density at radius 2 is 1.62 bits per heavy atom. The van der Waals surface area contributed by atoms with Gasteiger partial charge in [0, 0.05) is 5.41 Å². The number of carboxylic acid groups (broad SMARTS) is 1. The first-order valence-electron chi connectivity index (χ1n) is 15.5. The van der Waals surface area contributed by atoms with E-state index in [1.165, 1.54) is 25.5 Å².